The molecule has 1 heteroatoms. The van der Waals surface area contributed by atoms with Gasteiger partial charge in [-0.25, -0.2) is 0 Å². The largest absolute Gasteiger partial charge is 0.456 e. The lowest BCUT2D eigenvalue weighted by Gasteiger charge is -2.34. The Bertz CT molecular complexity index is 2450. The first-order valence-corrected chi connectivity index (χ1v) is 15.9. The first-order chi connectivity index (χ1) is 22.8. The molecular formula is C45H28O. The van der Waals surface area contributed by atoms with E-state index in [0.29, 0.717) is 0 Å². The van der Waals surface area contributed by atoms with E-state index in [0.717, 1.165) is 17.1 Å². The molecule has 0 fully saturated rings. The fourth-order valence-corrected chi connectivity index (χ4v) is 8.17. The predicted octanol–water partition coefficient (Wildman–Crippen LogP) is 11.8. The summed E-state index contributed by atoms with van der Waals surface area (Å²) in [4.78, 5) is 0. The highest BCUT2D eigenvalue weighted by Gasteiger charge is 2.46. The molecule has 8 aromatic rings. The number of hydrogen-bond donors (Lipinski definition) is 0. The van der Waals surface area contributed by atoms with E-state index >= 15 is 0 Å². The number of fused-ring (bicyclic) bond motifs is 6. The van der Waals surface area contributed by atoms with Crippen molar-refractivity contribution in [1.29, 1.82) is 0 Å². The minimum atomic E-state index is -0.479. The summed E-state index contributed by atoms with van der Waals surface area (Å²) in [5.41, 5.74) is 12.1. The van der Waals surface area contributed by atoms with Gasteiger partial charge in [0.15, 0.2) is 0 Å². The molecule has 0 N–H and O–H groups in total. The van der Waals surface area contributed by atoms with Crippen molar-refractivity contribution in [2.24, 2.45) is 0 Å². The monoisotopic (exact) mass is 584 g/mol. The first kappa shape index (κ1) is 25.4. The normalized spacial score (nSPS) is 13.6. The second-order valence-electron chi connectivity index (χ2n) is 12.4. The number of benzene rings is 8. The molecule has 0 amide bonds. The van der Waals surface area contributed by atoms with Gasteiger partial charge in [0.1, 0.15) is 11.5 Å². The van der Waals surface area contributed by atoms with Crippen molar-refractivity contribution in [1.82, 2.24) is 0 Å². The van der Waals surface area contributed by atoms with Crippen molar-refractivity contribution in [3.63, 3.8) is 0 Å². The molecule has 0 saturated heterocycles. The Morgan fingerprint density at radius 2 is 0.978 bits per heavy atom. The van der Waals surface area contributed by atoms with Crippen molar-refractivity contribution in [2.45, 2.75) is 5.41 Å². The standard InChI is InChI=1S/C45H28O/c1-3-15-33(16-4-1)45(34-17-5-2-6-18-34)39-28-32(23-25-36(39)38-26-30-12-7-8-13-31(30)27-40(38)45)35-24-22-29-14-11-21-42-43(29)44(35)37-19-9-10-20-41(37)46-42/h1-28H. The Balaban J connectivity index is 1.33. The highest BCUT2D eigenvalue weighted by Crippen LogP contribution is 2.58. The van der Waals surface area contributed by atoms with E-state index in [4.69, 9.17) is 4.74 Å². The Labute approximate surface area is 268 Å². The SMILES string of the molecule is c1ccc(C2(c3ccccc3)c3cc(-c4ccc5cccc6c5c4-c4ccccc4O6)ccc3-c3cc4ccccc4cc32)cc1. The highest BCUT2D eigenvalue weighted by molar-refractivity contribution is 6.10. The fraction of sp³-hybridized carbons (Fsp3) is 0.0222. The van der Waals surface area contributed by atoms with Crippen LogP contribution < -0.4 is 4.74 Å². The third-order valence-corrected chi connectivity index (χ3v) is 10.1. The number of hydrogen-bond acceptors (Lipinski definition) is 1. The molecule has 1 aliphatic carbocycles. The summed E-state index contributed by atoms with van der Waals surface area (Å²) in [6.07, 6.45) is 0. The second-order valence-corrected chi connectivity index (χ2v) is 12.4. The van der Waals surface area contributed by atoms with Crippen LogP contribution in [0.2, 0.25) is 0 Å². The Morgan fingerprint density at radius 1 is 0.370 bits per heavy atom. The molecule has 1 nitrogen and oxygen atoms in total. The van der Waals surface area contributed by atoms with Crippen molar-refractivity contribution in [2.75, 3.05) is 0 Å². The molecule has 1 heterocycles. The average Bonchev–Trinajstić information content (AvgIpc) is 3.41. The van der Waals surface area contributed by atoms with Gasteiger partial charge in [-0.15, -0.1) is 0 Å². The Morgan fingerprint density at radius 3 is 1.76 bits per heavy atom. The van der Waals surface area contributed by atoms with Crippen LogP contribution in [0.5, 0.6) is 11.5 Å². The quantitative estimate of drug-likeness (QED) is 0.201. The molecule has 0 radical (unpaired) electrons. The topological polar surface area (TPSA) is 9.23 Å². The van der Waals surface area contributed by atoms with Crippen LogP contribution in [0.4, 0.5) is 0 Å². The van der Waals surface area contributed by atoms with Gasteiger partial charge in [-0.2, -0.15) is 0 Å². The van der Waals surface area contributed by atoms with Gasteiger partial charge in [0.25, 0.3) is 0 Å². The molecule has 10 rings (SSSR count). The number of para-hydroxylation sites is 1. The van der Waals surface area contributed by atoms with Crippen LogP contribution in [0.1, 0.15) is 22.3 Å². The molecule has 214 valence electrons. The molecule has 1 aliphatic heterocycles. The summed E-state index contributed by atoms with van der Waals surface area (Å²) in [6, 6.07) is 62.2. The molecule has 0 unspecified atom stereocenters. The Hall–Kier alpha value is -5.92. The zero-order valence-corrected chi connectivity index (χ0v) is 25.1. The maximum absolute atomic E-state index is 6.44. The van der Waals surface area contributed by atoms with Crippen LogP contribution in [0, 0.1) is 0 Å². The summed E-state index contributed by atoms with van der Waals surface area (Å²) in [5, 5.41) is 4.88. The molecule has 0 aromatic heterocycles. The molecule has 46 heavy (non-hydrogen) atoms. The van der Waals surface area contributed by atoms with E-state index in [1.165, 1.54) is 71.6 Å². The van der Waals surface area contributed by atoms with Gasteiger partial charge in [0, 0.05) is 16.5 Å². The third-order valence-electron chi connectivity index (χ3n) is 10.1. The first-order valence-electron chi connectivity index (χ1n) is 15.9. The molecule has 2 aliphatic rings. The predicted molar refractivity (Wildman–Crippen MR) is 190 cm³/mol. The maximum Gasteiger partial charge on any atom is 0.135 e. The summed E-state index contributed by atoms with van der Waals surface area (Å²) >= 11 is 0. The van der Waals surface area contributed by atoms with E-state index in [-0.39, 0.29) is 0 Å². The van der Waals surface area contributed by atoms with E-state index in [1.807, 2.05) is 0 Å². The third kappa shape index (κ3) is 3.40. The molecular weight excluding hydrogens is 556 g/mol. The highest BCUT2D eigenvalue weighted by atomic mass is 16.5. The summed E-state index contributed by atoms with van der Waals surface area (Å²) in [5.74, 6) is 1.81. The maximum atomic E-state index is 6.44. The van der Waals surface area contributed by atoms with E-state index in [1.54, 1.807) is 0 Å². The van der Waals surface area contributed by atoms with Gasteiger partial charge < -0.3 is 4.74 Å². The van der Waals surface area contributed by atoms with Crippen LogP contribution in [0.15, 0.2) is 170 Å². The second kappa shape index (κ2) is 9.54. The fourth-order valence-electron chi connectivity index (χ4n) is 8.17. The van der Waals surface area contributed by atoms with Gasteiger partial charge in [0.2, 0.25) is 0 Å². The molecule has 0 spiro atoms. The van der Waals surface area contributed by atoms with Gasteiger partial charge >= 0.3 is 0 Å². The van der Waals surface area contributed by atoms with Crippen LogP contribution in [-0.2, 0) is 5.41 Å². The smallest absolute Gasteiger partial charge is 0.135 e. The van der Waals surface area contributed by atoms with Gasteiger partial charge in [-0.3, -0.25) is 0 Å². The molecule has 0 atom stereocenters. The minimum absolute atomic E-state index is 0.479. The van der Waals surface area contributed by atoms with E-state index < -0.39 is 5.41 Å². The number of ether oxygens (including phenoxy) is 1. The average molecular weight is 585 g/mol. The summed E-state index contributed by atoms with van der Waals surface area (Å²) in [6.45, 7) is 0. The molecule has 0 bridgehead atoms. The lowest BCUT2D eigenvalue weighted by Crippen LogP contribution is -2.28. The van der Waals surface area contributed by atoms with Gasteiger partial charge in [-0.05, 0) is 91.0 Å². The lowest BCUT2D eigenvalue weighted by molar-refractivity contribution is 0.487. The van der Waals surface area contributed by atoms with E-state index in [2.05, 4.69) is 170 Å². The minimum Gasteiger partial charge on any atom is -0.456 e. The van der Waals surface area contributed by atoms with Crippen LogP contribution in [0.3, 0.4) is 0 Å². The van der Waals surface area contributed by atoms with Crippen LogP contribution in [0.25, 0.3) is 54.9 Å². The number of rotatable bonds is 3. The van der Waals surface area contributed by atoms with Crippen LogP contribution in [-0.4, -0.2) is 0 Å². The Kier molecular flexibility index (Phi) is 5.27. The van der Waals surface area contributed by atoms with Gasteiger partial charge in [0.05, 0.1) is 5.41 Å². The van der Waals surface area contributed by atoms with Crippen LogP contribution >= 0.6 is 0 Å². The van der Waals surface area contributed by atoms with Crippen molar-refractivity contribution < 1.29 is 4.74 Å². The molecule has 8 aromatic carbocycles. The van der Waals surface area contributed by atoms with Crippen molar-refractivity contribution in [3.05, 3.63) is 192 Å². The molecule has 0 saturated carbocycles. The summed E-state index contributed by atoms with van der Waals surface area (Å²) in [7, 11) is 0. The van der Waals surface area contributed by atoms with Crippen molar-refractivity contribution in [3.8, 4) is 44.9 Å². The lowest BCUT2D eigenvalue weighted by atomic mass is 9.67. The zero-order valence-electron chi connectivity index (χ0n) is 25.1. The van der Waals surface area contributed by atoms with E-state index in [9.17, 15) is 0 Å². The van der Waals surface area contributed by atoms with Crippen molar-refractivity contribution >= 4 is 21.5 Å². The van der Waals surface area contributed by atoms with Gasteiger partial charge in [-0.1, -0.05) is 140 Å². The summed E-state index contributed by atoms with van der Waals surface area (Å²) < 4.78 is 6.44. The zero-order chi connectivity index (χ0) is 30.2.